The average Bonchev–Trinajstić information content (AvgIpc) is 3.78. The van der Waals surface area contributed by atoms with E-state index in [0.717, 1.165) is 18.2 Å². The summed E-state index contributed by atoms with van der Waals surface area (Å²) in [6.45, 7) is 5.88. The number of hydrogen-bond donors (Lipinski definition) is 2. The summed E-state index contributed by atoms with van der Waals surface area (Å²) < 4.78 is 55.2. The largest absolute Gasteiger partial charge is 0.462 e. The van der Waals surface area contributed by atoms with Gasteiger partial charge in [-0.2, -0.15) is 5.09 Å². The van der Waals surface area contributed by atoms with Gasteiger partial charge < -0.3 is 24.0 Å². The number of anilines is 1. The summed E-state index contributed by atoms with van der Waals surface area (Å²) in [6, 6.07) is 11.6. The summed E-state index contributed by atoms with van der Waals surface area (Å²) in [6.07, 6.45) is 3.70. The van der Waals surface area contributed by atoms with E-state index in [-0.39, 0.29) is 11.4 Å². The van der Waals surface area contributed by atoms with Crippen molar-refractivity contribution in [2.45, 2.75) is 82.8 Å². The van der Waals surface area contributed by atoms with Gasteiger partial charge in [0.1, 0.15) is 29.8 Å². The first-order valence-corrected chi connectivity index (χ1v) is 17.2. The molecular weight excluding hydrogens is 642 g/mol. The van der Waals surface area contributed by atoms with Crippen molar-refractivity contribution in [2.75, 3.05) is 18.6 Å². The Labute approximate surface area is 277 Å². The maximum Gasteiger partial charge on any atom is 0.459 e. The monoisotopic (exact) mass is 680 g/mol. The Hall–Kier alpha value is -4.12. The van der Waals surface area contributed by atoms with Gasteiger partial charge in [-0.25, -0.2) is 23.9 Å². The van der Waals surface area contributed by atoms with E-state index in [1.165, 1.54) is 17.8 Å². The first kappa shape index (κ1) is 33.8. The molecule has 4 aromatic rings. The number of aryl methyl sites for hydroxylation is 1. The van der Waals surface area contributed by atoms with Gasteiger partial charge in [-0.3, -0.25) is 13.9 Å². The van der Waals surface area contributed by atoms with E-state index >= 15 is 4.39 Å². The SMILES string of the molecule is C#C[C@@]1(F)[C@H](O)[C@@H](CO[P@](=O)(N[C@H](C)C(=O)OC(C)C)Oc2cccc3ccccc23)O[C@H]1n1cnc2c(N(C)C3CC3)nc(C)nc21. The number of carbonyl (C=O) groups excluding carboxylic acids is 1. The lowest BCUT2D eigenvalue weighted by molar-refractivity contribution is -0.149. The molecule has 15 heteroatoms. The Morgan fingerprint density at radius 3 is 2.69 bits per heavy atom. The molecule has 2 aromatic carbocycles. The van der Waals surface area contributed by atoms with Crippen LogP contribution in [0.15, 0.2) is 48.8 Å². The highest BCUT2D eigenvalue weighted by molar-refractivity contribution is 7.52. The van der Waals surface area contributed by atoms with Crippen molar-refractivity contribution in [2.24, 2.45) is 0 Å². The van der Waals surface area contributed by atoms with Gasteiger partial charge in [-0.1, -0.05) is 42.3 Å². The number of ether oxygens (including phenoxy) is 2. The predicted molar refractivity (Wildman–Crippen MR) is 176 cm³/mol. The number of esters is 1. The van der Waals surface area contributed by atoms with Crippen LogP contribution >= 0.6 is 7.75 Å². The van der Waals surface area contributed by atoms with Crippen molar-refractivity contribution in [1.29, 1.82) is 0 Å². The molecule has 6 atom stereocenters. The molecule has 2 aliphatic rings. The second-order valence-electron chi connectivity index (χ2n) is 12.3. The number of benzene rings is 2. The van der Waals surface area contributed by atoms with Gasteiger partial charge in [0.05, 0.1) is 19.0 Å². The number of fused-ring (bicyclic) bond motifs is 2. The molecule has 2 N–H and O–H groups in total. The van der Waals surface area contributed by atoms with Crippen molar-refractivity contribution in [3.63, 3.8) is 0 Å². The normalized spacial score (nSPS) is 24.4. The number of imidazole rings is 1. The first-order chi connectivity index (χ1) is 22.8. The van der Waals surface area contributed by atoms with Crippen LogP contribution in [0.25, 0.3) is 21.9 Å². The first-order valence-electron chi connectivity index (χ1n) is 15.7. The van der Waals surface area contributed by atoms with Gasteiger partial charge >= 0.3 is 13.7 Å². The minimum absolute atomic E-state index is 0.203. The molecule has 1 saturated heterocycles. The van der Waals surface area contributed by atoms with Gasteiger partial charge in [0, 0.05) is 18.5 Å². The molecule has 2 aromatic heterocycles. The summed E-state index contributed by atoms with van der Waals surface area (Å²) in [5.74, 6) is 2.57. The minimum Gasteiger partial charge on any atom is -0.462 e. The van der Waals surface area contributed by atoms with Crippen LogP contribution in [-0.4, -0.2) is 80.3 Å². The topological polar surface area (TPSA) is 150 Å². The zero-order valence-corrected chi connectivity index (χ0v) is 28.1. The molecule has 6 rings (SSSR count). The quantitative estimate of drug-likeness (QED) is 0.122. The van der Waals surface area contributed by atoms with Gasteiger partial charge in [0.15, 0.2) is 23.2 Å². The second-order valence-corrected chi connectivity index (χ2v) is 14.0. The van der Waals surface area contributed by atoms with E-state index in [2.05, 4.69) is 20.0 Å². The van der Waals surface area contributed by atoms with Crippen LogP contribution in [-0.2, 0) is 23.4 Å². The zero-order valence-electron chi connectivity index (χ0n) is 27.2. The second kappa shape index (κ2) is 13.1. The lowest BCUT2D eigenvalue weighted by Crippen LogP contribution is -2.42. The molecule has 48 heavy (non-hydrogen) atoms. The number of carbonyl (C=O) groups is 1. The van der Waals surface area contributed by atoms with E-state index in [4.69, 9.17) is 24.9 Å². The highest BCUT2D eigenvalue weighted by atomic mass is 31.2. The maximum atomic E-state index is 16.6. The van der Waals surface area contributed by atoms with Crippen molar-refractivity contribution >= 4 is 41.5 Å². The third-order valence-electron chi connectivity index (χ3n) is 8.30. The van der Waals surface area contributed by atoms with Crippen LogP contribution in [0.2, 0.25) is 0 Å². The Kier molecular flexibility index (Phi) is 9.19. The number of terminal acetylenes is 1. The zero-order chi connectivity index (χ0) is 34.4. The molecule has 0 unspecified atom stereocenters. The number of nitrogens with zero attached hydrogens (tertiary/aromatic N) is 5. The molecule has 0 bridgehead atoms. The highest BCUT2D eigenvalue weighted by Gasteiger charge is 2.58. The third-order valence-corrected chi connectivity index (χ3v) is 9.93. The van der Waals surface area contributed by atoms with Crippen LogP contribution in [0, 0.1) is 19.3 Å². The summed E-state index contributed by atoms with van der Waals surface area (Å²) in [7, 11) is -2.52. The van der Waals surface area contributed by atoms with Crippen molar-refractivity contribution < 1.29 is 37.4 Å². The Bertz CT molecular complexity index is 1920. The number of aliphatic hydroxyl groups excluding tert-OH is 1. The number of alkyl halides is 1. The summed E-state index contributed by atoms with van der Waals surface area (Å²) in [5, 5.41) is 15.3. The molecule has 0 radical (unpaired) electrons. The van der Waals surface area contributed by atoms with E-state index in [1.54, 1.807) is 45.0 Å². The van der Waals surface area contributed by atoms with Crippen LogP contribution in [0.4, 0.5) is 10.2 Å². The molecule has 0 amide bonds. The molecule has 254 valence electrons. The number of rotatable bonds is 12. The molecule has 2 fully saturated rings. The fourth-order valence-electron chi connectivity index (χ4n) is 5.66. The Balaban J connectivity index is 1.29. The maximum absolute atomic E-state index is 16.6. The van der Waals surface area contributed by atoms with Gasteiger partial charge in [0.2, 0.25) is 5.67 Å². The smallest absolute Gasteiger partial charge is 0.459 e. The van der Waals surface area contributed by atoms with Crippen molar-refractivity contribution in [3.05, 3.63) is 54.6 Å². The fraction of sp³-hybridized carbons (Fsp3) is 0.455. The summed E-state index contributed by atoms with van der Waals surface area (Å²) >= 11 is 0. The molecule has 3 heterocycles. The molecule has 0 spiro atoms. The van der Waals surface area contributed by atoms with E-state index in [0.29, 0.717) is 28.6 Å². The summed E-state index contributed by atoms with van der Waals surface area (Å²) in [4.78, 5) is 28.2. The highest BCUT2D eigenvalue weighted by Crippen LogP contribution is 2.49. The number of halogens is 1. The molecular formula is C33H38FN6O7P. The van der Waals surface area contributed by atoms with Crippen molar-refractivity contribution in [3.8, 4) is 18.1 Å². The number of aromatic nitrogens is 4. The molecule has 1 saturated carbocycles. The molecule has 1 aliphatic heterocycles. The average molecular weight is 681 g/mol. The van der Waals surface area contributed by atoms with Gasteiger partial charge in [-0.05, 0) is 52.0 Å². The van der Waals surface area contributed by atoms with Crippen LogP contribution in [0.1, 0.15) is 45.7 Å². The predicted octanol–water partition coefficient (Wildman–Crippen LogP) is 4.62. The van der Waals surface area contributed by atoms with Gasteiger partial charge in [0.25, 0.3) is 0 Å². The third kappa shape index (κ3) is 6.49. The van der Waals surface area contributed by atoms with E-state index in [1.807, 2.05) is 36.1 Å². The Morgan fingerprint density at radius 2 is 1.98 bits per heavy atom. The standard InChI is InChI=1S/C33H38FN6O7P/c1-7-33(34)28(41)26(46-32(33)40-18-35-27-29(39(6)23-15-16-23)36-21(5)37-30(27)40)17-44-48(43,38-20(4)31(42)45-19(2)3)47-25-14-10-12-22-11-8-9-13-24(22)25/h1,8-14,18-20,23,26,28,32,41H,15-17H2,2-6H3,(H,38,43)/t20-,26-,28-,32-,33-,48-/m1/s1. The minimum atomic E-state index is -4.44. The van der Waals surface area contributed by atoms with Crippen molar-refractivity contribution in [1.82, 2.24) is 24.6 Å². The number of nitrogens with one attached hydrogen (secondary N) is 1. The number of aliphatic hydroxyl groups is 1. The lowest BCUT2D eigenvalue weighted by atomic mass is 9.97. The Morgan fingerprint density at radius 1 is 1.25 bits per heavy atom. The fourth-order valence-corrected chi connectivity index (χ4v) is 7.18. The van der Waals surface area contributed by atoms with Gasteiger partial charge in [-0.15, -0.1) is 6.42 Å². The number of hydrogen-bond acceptors (Lipinski definition) is 11. The van der Waals surface area contributed by atoms with E-state index < -0.39 is 56.6 Å². The lowest BCUT2D eigenvalue weighted by Gasteiger charge is -2.25. The molecule has 1 aliphatic carbocycles. The van der Waals surface area contributed by atoms with Crippen LogP contribution in [0.5, 0.6) is 5.75 Å². The van der Waals surface area contributed by atoms with Crippen LogP contribution in [0.3, 0.4) is 0 Å². The summed E-state index contributed by atoms with van der Waals surface area (Å²) in [5.41, 5.74) is -2.07. The van der Waals surface area contributed by atoms with E-state index in [9.17, 15) is 14.5 Å². The van der Waals surface area contributed by atoms with Crippen LogP contribution < -0.4 is 14.5 Å². The molecule has 13 nitrogen and oxygen atoms in total.